The molecule has 0 bridgehead atoms. The third kappa shape index (κ3) is 2.11. The number of hydrogen-bond acceptors (Lipinski definition) is 2. The highest BCUT2D eigenvalue weighted by Crippen LogP contribution is 2.42. The zero-order valence-electron chi connectivity index (χ0n) is 10.4. The lowest BCUT2D eigenvalue weighted by Crippen LogP contribution is -2.54. The fraction of sp³-hybridized carbons (Fsp3) is 0.692. The molecular weight excluding hydrogens is 200 g/mol. The molecule has 0 heterocycles. The molecule has 1 amide bonds. The van der Waals surface area contributed by atoms with Gasteiger partial charge in [-0.15, -0.1) is 6.58 Å². The predicted octanol–water partition coefficient (Wildman–Crippen LogP) is 2.49. The van der Waals surface area contributed by atoms with Gasteiger partial charge >= 0.3 is 0 Å². The molecule has 1 aliphatic carbocycles. The predicted molar refractivity (Wildman–Crippen MR) is 63.6 cm³/mol. The van der Waals surface area contributed by atoms with Crippen LogP contribution in [0, 0.1) is 16.7 Å². The Morgan fingerprint density at radius 1 is 1.56 bits per heavy atom. The van der Waals surface area contributed by atoms with Crippen LogP contribution in [0.1, 0.15) is 40.0 Å². The summed E-state index contributed by atoms with van der Waals surface area (Å²) in [6, 6.07) is 2.20. The number of amides is 1. The maximum absolute atomic E-state index is 12.4. The summed E-state index contributed by atoms with van der Waals surface area (Å²) < 4.78 is 0. The van der Waals surface area contributed by atoms with Crippen LogP contribution in [0.5, 0.6) is 0 Å². The molecule has 0 radical (unpaired) electrons. The van der Waals surface area contributed by atoms with Gasteiger partial charge in [-0.3, -0.25) is 4.79 Å². The molecular formula is C13H20N2O. The van der Waals surface area contributed by atoms with E-state index >= 15 is 0 Å². The standard InChI is InChI=1S/C13H20N2O/c1-5-9-15(12(2,3)4)11(16)13(10-14)7-6-8-13/h5H,1,6-9H2,2-4H3. The van der Waals surface area contributed by atoms with Gasteiger partial charge in [0.25, 0.3) is 0 Å². The lowest BCUT2D eigenvalue weighted by Gasteiger charge is -2.43. The summed E-state index contributed by atoms with van der Waals surface area (Å²) in [4.78, 5) is 14.1. The van der Waals surface area contributed by atoms with Gasteiger partial charge < -0.3 is 4.90 Å². The van der Waals surface area contributed by atoms with Gasteiger partial charge in [-0.1, -0.05) is 6.08 Å². The molecule has 88 valence electrons. The smallest absolute Gasteiger partial charge is 0.243 e. The Morgan fingerprint density at radius 3 is 2.38 bits per heavy atom. The third-order valence-electron chi connectivity index (χ3n) is 3.20. The van der Waals surface area contributed by atoms with Gasteiger partial charge in [0.05, 0.1) is 6.07 Å². The Kier molecular flexibility index (Phi) is 3.42. The maximum atomic E-state index is 12.4. The minimum Gasteiger partial charge on any atom is -0.333 e. The number of carbonyl (C=O) groups excluding carboxylic acids is 1. The zero-order chi connectivity index (χ0) is 12.4. The van der Waals surface area contributed by atoms with Gasteiger partial charge in [-0.2, -0.15) is 5.26 Å². The fourth-order valence-corrected chi connectivity index (χ4v) is 1.95. The van der Waals surface area contributed by atoms with Crippen LogP contribution in [-0.2, 0) is 4.79 Å². The van der Waals surface area contributed by atoms with Crippen molar-refractivity contribution in [2.45, 2.75) is 45.6 Å². The SMILES string of the molecule is C=CCN(C(=O)C1(C#N)CCC1)C(C)(C)C. The van der Waals surface area contributed by atoms with Crippen LogP contribution in [0.15, 0.2) is 12.7 Å². The summed E-state index contributed by atoms with van der Waals surface area (Å²) in [7, 11) is 0. The van der Waals surface area contributed by atoms with Crippen LogP contribution in [0.4, 0.5) is 0 Å². The number of rotatable bonds is 3. The maximum Gasteiger partial charge on any atom is 0.243 e. The van der Waals surface area contributed by atoms with Crippen molar-refractivity contribution in [2.24, 2.45) is 5.41 Å². The van der Waals surface area contributed by atoms with Crippen molar-refractivity contribution in [1.82, 2.24) is 4.90 Å². The van der Waals surface area contributed by atoms with Gasteiger partial charge in [0.1, 0.15) is 5.41 Å². The second-order valence-corrected chi connectivity index (χ2v) is 5.42. The lowest BCUT2D eigenvalue weighted by molar-refractivity contribution is -0.147. The molecule has 16 heavy (non-hydrogen) atoms. The van der Waals surface area contributed by atoms with Crippen molar-refractivity contribution in [1.29, 1.82) is 5.26 Å². The zero-order valence-corrected chi connectivity index (χ0v) is 10.4. The first kappa shape index (κ1) is 12.8. The van der Waals surface area contributed by atoms with Crippen LogP contribution in [0.3, 0.4) is 0 Å². The Labute approximate surface area is 97.7 Å². The Balaban J connectivity index is 2.92. The second-order valence-electron chi connectivity index (χ2n) is 5.42. The van der Waals surface area contributed by atoms with Gasteiger partial charge in [-0.05, 0) is 40.0 Å². The number of hydrogen-bond donors (Lipinski definition) is 0. The molecule has 1 saturated carbocycles. The lowest BCUT2D eigenvalue weighted by atomic mass is 9.68. The molecule has 0 aromatic rings. The Bertz CT molecular complexity index is 329. The topological polar surface area (TPSA) is 44.1 Å². The van der Waals surface area contributed by atoms with Gasteiger partial charge in [-0.25, -0.2) is 0 Å². The van der Waals surface area contributed by atoms with E-state index in [2.05, 4.69) is 12.6 Å². The summed E-state index contributed by atoms with van der Waals surface area (Å²) in [6.07, 6.45) is 4.09. The first-order valence-electron chi connectivity index (χ1n) is 5.71. The summed E-state index contributed by atoms with van der Waals surface area (Å²) in [5, 5.41) is 9.17. The average Bonchev–Trinajstić information content (AvgIpc) is 2.11. The Hall–Kier alpha value is -1.30. The van der Waals surface area contributed by atoms with Crippen LogP contribution < -0.4 is 0 Å². The van der Waals surface area contributed by atoms with E-state index in [0.717, 1.165) is 6.42 Å². The average molecular weight is 220 g/mol. The quantitative estimate of drug-likeness (QED) is 0.686. The summed E-state index contributed by atoms with van der Waals surface area (Å²) in [5.74, 6) is -0.0337. The van der Waals surface area contributed by atoms with Crippen molar-refractivity contribution in [3.8, 4) is 6.07 Å². The van der Waals surface area contributed by atoms with E-state index in [9.17, 15) is 4.79 Å². The summed E-state index contributed by atoms with van der Waals surface area (Å²) >= 11 is 0. The van der Waals surface area contributed by atoms with E-state index in [1.54, 1.807) is 11.0 Å². The van der Waals surface area contributed by atoms with Gasteiger partial charge in [0.2, 0.25) is 5.91 Å². The minimum absolute atomic E-state index is 0.0337. The van der Waals surface area contributed by atoms with Crippen LogP contribution in [0.25, 0.3) is 0 Å². The van der Waals surface area contributed by atoms with Crippen molar-refractivity contribution in [2.75, 3.05) is 6.54 Å². The molecule has 1 rings (SSSR count). The normalized spacial score (nSPS) is 18.1. The molecule has 3 heteroatoms. The Morgan fingerprint density at radius 2 is 2.12 bits per heavy atom. The second kappa shape index (κ2) is 4.29. The summed E-state index contributed by atoms with van der Waals surface area (Å²) in [6.45, 7) is 10.1. The molecule has 0 aliphatic heterocycles. The van der Waals surface area contributed by atoms with Crippen molar-refractivity contribution >= 4 is 5.91 Å². The van der Waals surface area contributed by atoms with Crippen LogP contribution in [0.2, 0.25) is 0 Å². The largest absolute Gasteiger partial charge is 0.333 e. The van der Waals surface area contributed by atoms with Crippen molar-refractivity contribution in [3.05, 3.63) is 12.7 Å². The molecule has 0 atom stereocenters. The van der Waals surface area contributed by atoms with Gasteiger partial charge in [0, 0.05) is 12.1 Å². The van der Waals surface area contributed by atoms with Crippen LogP contribution >= 0.6 is 0 Å². The molecule has 1 aliphatic rings. The molecule has 0 saturated heterocycles. The molecule has 3 nitrogen and oxygen atoms in total. The van der Waals surface area contributed by atoms with E-state index < -0.39 is 5.41 Å². The first-order valence-corrected chi connectivity index (χ1v) is 5.71. The molecule has 0 unspecified atom stereocenters. The minimum atomic E-state index is -0.754. The first-order chi connectivity index (χ1) is 7.37. The molecule has 0 aromatic heterocycles. The highest BCUT2D eigenvalue weighted by Gasteiger charge is 2.48. The molecule has 1 fully saturated rings. The fourth-order valence-electron chi connectivity index (χ4n) is 1.95. The summed E-state index contributed by atoms with van der Waals surface area (Å²) in [5.41, 5.74) is -1.01. The molecule has 0 aromatic carbocycles. The van der Waals surface area contributed by atoms with E-state index in [1.165, 1.54) is 0 Å². The van der Waals surface area contributed by atoms with Crippen LogP contribution in [-0.4, -0.2) is 22.9 Å². The number of nitrogens with zero attached hydrogens (tertiary/aromatic N) is 2. The van der Waals surface area contributed by atoms with E-state index in [4.69, 9.17) is 5.26 Å². The van der Waals surface area contributed by atoms with E-state index in [1.807, 2.05) is 20.8 Å². The van der Waals surface area contributed by atoms with Crippen molar-refractivity contribution < 1.29 is 4.79 Å². The van der Waals surface area contributed by atoms with Crippen molar-refractivity contribution in [3.63, 3.8) is 0 Å². The number of nitriles is 1. The highest BCUT2D eigenvalue weighted by molar-refractivity contribution is 5.87. The number of carbonyl (C=O) groups is 1. The molecule has 0 N–H and O–H groups in total. The molecule has 0 spiro atoms. The van der Waals surface area contributed by atoms with E-state index in [0.29, 0.717) is 19.4 Å². The highest BCUT2D eigenvalue weighted by atomic mass is 16.2. The third-order valence-corrected chi connectivity index (χ3v) is 3.20. The monoisotopic (exact) mass is 220 g/mol. The van der Waals surface area contributed by atoms with E-state index in [-0.39, 0.29) is 11.4 Å². The van der Waals surface area contributed by atoms with Gasteiger partial charge in [0.15, 0.2) is 0 Å².